The molecule has 0 aliphatic carbocycles. The van der Waals surface area contributed by atoms with Crippen molar-refractivity contribution in [3.05, 3.63) is 95.3 Å². The van der Waals surface area contributed by atoms with Gasteiger partial charge in [0.05, 0.1) is 16.1 Å². The lowest BCUT2D eigenvalue weighted by Gasteiger charge is -2.13. The van der Waals surface area contributed by atoms with Gasteiger partial charge in [-0.2, -0.15) is 0 Å². The molecule has 0 aliphatic heterocycles. The first-order valence-electron chi connectivity index (χ1n) is 10.0. The van der Waals surface area contributed by atoms with Crippen molar-refractivity contribution in [1.29, 1.82) is 0 Å². The van der Waals surface area contributed by atoms with Gasteiger partial charge in [0, 0.05) is 0 Å². The number of unbranched alkanes of at least 4 members (excludes halogenated alkanes) is 2. The van der Waals surface area contributed by atoms with Crippen molar-refractivity contribution in [3.63, 3.8) is 0 Å². The minimum Gasteiger partial charge on any atom is -0.478 e. The molecule has 0 saturated heterocycles. The number of hydrogen-bond acceptors (Lipinski definition) is 3. The normalized spacial score (nSPS) is 11.3. The number of carbonyl (C=O) groups is 1. The van der Waals surface area contributed by atoms with Gasteiger partial charge in [-0.25, -0.2) is 17.6 Å². The summed E-state index contributed by atoms with van der Waals surface area (Å²) in [7, 11) is -3.81. The van der Waals surface area contributed by atoms with Crippen molar-refractivity contribution in [1.82, 2.24) is 0 Å². The Morgan fingerprint density at radius 1 is 0.806 bits per heavy atom. The van der Waals surface area contributed by atoms with Crippen LogP contribution < -0.4 is 4.72 Å². The first-order valence-corrected chi connectivity index (χ1v) is 11.5. The van der Waals surface area contributed by atoms with E-state index in [0.29, 0.717) is 24.1 Å². The minimum atomic E-state index is -3.81. The van der Waals surface area contributed by atoms with Crippen molar-refractivity contribution >= 4 is 21.7 Å². The highest BCUT2D eigenvalue weighted by Crippen LogP contribution is 2.22. The Labute approximate surface area is 181 Å². The third-order valence-corrected chi connectivity index (χ3v) is 6.41. The molecule has 0 amide bonds. The van der Waals surface area contributed by atoms with E-state index in [-0.39, 0.29) is 4.90 Å². The van der Waals surface area contributed by atoms with E-state index in [4.69, 9.17) is 0 Å². The molecule has 5 nitrogen and oxygen atoms in total. The van der Waals surface area contributed by atoms with Crippen LogP contribution in [0.1, 0.15) is 40.7 Å². The van der Waals surface area contributed by atoms with Crippen LogP contribution in [0.3, 0.4) is 0 Å². The largest absolute Gasteiger partial charge is 0.478 e. The lowest BCUT2D eigenvalue weighted by atomic mass is 9.99. The molecule has 7 heteroatoms. The molecule has 2 N–H and O–H groups in total. The van der Waals surface area contributed by atoms with Gasteiger partial charge < -0.3 is 5.11 Å². The predicted octanol–water partition coefficient (Wildman–Crippen LogP) is 5.28. The van der Waals surface area contributed by atoms with Gasteiger partial charge in [0.15, 0.2) is 0 Å². The lowest BCUT2D eigenvalue weighted by Crippen LogP contribution is -2.14. The maximum absolute atomic E-state index is 13.1. The maximum Gasteiger partial charge on any atom is 0.335 e. The van der Waals surface area contributed by atoms with Crippen molar-refractivity contribution in [2.24, 2.45) is 0 Å². The number of para-hydroxylation sites is 1. The first kappa shape index (κ1) is 22.5. The first-order chi connectivity index (χ1) is 14.9. The molecule has 162 valence electrons. The molecule has 0 aliphatic rings. The van der Waals surface area contributed by atoms with Gasteiger partial charge in [-0.15, -0.1) is 0 Å². The lowest BCUT2D eigenvalue weighted by molar-refractivity contribution is 0.0695. The summed E-state index contributed by atoms with van der Waals surface area (Å²) < 4.78 is 40.9. The number of sulfonamides is 1. The highest BCUT2D eigenvalue weighted by molar-refractivity contribution is 7.92. The molecular weight excluding hydrogens is 417 g/mol. The van der Waals surface area contributed by atoms with Crippen LogP contribution in [-0.2, 0) is 22.9 Å². The minimum absolute atomic E-state index is 0.000740. The zero-order chi connectivity index (χ0) is 22.3. The molecular formula is C24H24FNO4S. The molecule has 0 atom stereocenters. The molecule has 0 bridgehead atoms. The molecule has 0 fully saturated rings. The Morgan fingerprint density at radius 2 is 1.39 bits per heavy atom. The third-order valence-electron chi connectivity index (χ3n) is 5.03. The Bertz CT molecular complexity index is 1140. The number of aryl methyl sites for hydroxylation is 2. The summed E-state index contributed by atoms with van der Waals surface area (Å²) in [5.41, 5.74) is 2.53. The van der Waals surface area contributed by atoms with Gasteiger partial charge in [0.1, 0.15) is 5.82 Å². The fraction of sp³-hybridized carbons (Fsp3) is 0.208. The van der Waals surface area contributed by atoms with Crippen LogP contribution in [0.4, 0.5) is 10.1 Å². The van der Waals surface area contributed by atoms with E-state index >= 15 is 0 Å². The Morgan fingerprint density at radius 3 is 2.06 bits per heavy atom. The van der Waals surface area contributed by atoms with Gasteiger partial charge in [-0.3, -0.25) is 4.72 Å². The van der Waals surface area contributed by atoms with Crippen molar-refractivity contribution < 1.29 is 22.7 Å². The number of nitrogens with one attached hydrogen (secondary N) is 1. The number of carboxylic acids is 1. The third kappa shape index (κ3) is 6.15. The monoisotopic (exact) mass is 441 g/mol. The fourth-order valence-electron chi connectivity index (χ4n) is 3.41. The molecule has 31 heavy (non-hydrogen) atoms. The van der Waals surface area contributed by atoms with Crippen LogP contribution in [0.2, 0.25) is 0 Å². The number of hydrogen-bond donors (Lipinski definition) is 2. The zero-order valence-corrected chi connectivity index (χ0v) is 17.7. The van der Waals surface area contributed by atoms with Crippen LogP contribution in [0.15, 0.2) is 77.7 Å². The quantitative estimate of drug-likeness (QED) is 0.419. The van der Waals surface area contributed by atoms with E-state index in [1.165, 1.54) is 12.1 Å². The number of benzene rings is 3. The molecule has 3 aromatic rings. The van der Waals surface area contributed by atoms with E-state index < -0.39 is 21.8 Å². The van der Waals surface area contributed by atoms with Gasteiger partial charge in [0.25, 0.3) is 10.0 Å². The summed E-state index contributed by atoms with van der Waals surface area (Å²) in [4.78, 5) is 11.3. The average Bonchev–Trinajstić information content (AvgIpc) is 2.75. The molecule has 3 rings (SSSR count). The summed E-state index contributed by atoms with van der Waals surface area (Å²) in [5.74, 6) is -1.41. The van der Waals surface area contributed by atoms with Crippen LogP contribution in [0, 0.1) is 5.82 Å². The second-order valence-corrected chi connectivity index (χ2v) is 8.92. The molecule has 0 heterocycles. The summed E-state index contributed by atoms with van der Waals surface area (Å²) in [6.07, 6.45) is 3.93. The SMILES string of the molecule is O=C(O)c1ccccc1CCCCCc1ccccc1NS(=O)(=O)c1ccc(F)cc1. The van der Waals surface area contributed by atoms with Crippen LogP contribution in [0.5, 0.6) is 0 Å². The van der Waals surface area contributed by atoms with Gasteiger partial charge in [0.2, 0.25) is 0 Å². The van der Waals surface area contributed by atoms with Crippen LogP contribution in [0.25, 0.3) is 0 Å². The summed E-state index contributed by atoms with van der Waals surface area (Å²) in [5, 5.41) is 9.26. The summed E-state index contributed by atoms with van der Waals surface area (Å²) in [6, 6.07) is 18.9. The number of halogens is 1. The zero-order valence-electron chi connectivity index (χ0n) is 16.9. The number of aromatic carboxylic acids is 1. The molecule has 0 unspecified atom stereocenters. The van der Waals surface area contributed by atoms with E-state index in [1.807, 2.05) is 24.3 Å². The average molecular weight is 442 g/mol. The Hall–Kier alpha value is -3.19. The van der Waals surface area contributed by atoms with Crippen LogP contribution in [-0.4, -0.2) is 19.5 Å². The van der Waals surface area contributed by atoms with Crippen molar-refractivity contribution in [3.8, 4) is 0 Å². The Kier molecular flexibility index (Phi) is 7.41. The van der Waals surface area contributed by atoms with Gasteiger partial charge >= 0.3 is 5.97 Å². The highest BCUT2D eigenvalue weighted by atomic mass is 32.2. The van der Waals surface area contributed by atoms with E-state index in [1.54, 1.807) is 24.3 Å². The molecule has 0 spiro atoms. The maximum atomic E-state index is 13.1. The van der Waals surface area contributed by atoms with E-state index in [0.717, 1.165) is 42.5 Å². The van der Waals surface area contributed by atoms with Crippen molar-refractivity contribution in [2.45, 2.75) is 37.0 Å². The molecule has 0 saturated carbocycles. The number of anilines is 1. The predicted molar refractivity (Wildman–Crippen MR) is 118 cm³/mol. The molecule has 0 aromatic heterocycles. The standard InChI is InChI=1S/C24H24FNO4S/c25-20-14-16-21(17-15-20)31(29,30)26-23-13-7-5-11-19(23)10-3-1-2-8-18-9-4-6-12-22(18)24(27)28/h4-7,9,11-17,26H,1-3,8,10H2,(H,27,28). The second kappa shape index (κ2) is 10.2. The van der Waals surface area contributed by atoms with Gasteiger partial charge in [-0.05, 0) is 73.2 Å². The topological polar surface area (TPSA) is 83.5 Å². The molecule has 3 aromatic carbocycles. The second-order valence-electron chi connectivity index (χ2n) is 7.24. The van der Waals surface area contributed by atoms with E-state index in [9.17, 15) is 22.7 Å². The summed E-state index contributed by atoms with van der Waals surface area (Å²) in [6.45, 7) is 0. The number of carboxylic acid groups (broad SMARTS) is 1. The fourth-order valence-corrected chi connectivity index (χ4v) is 4.51. The smallest absolute Gasteiger partial charge is 0.335 e. The van der Waals surface area contributed by atoms with Crippen molar-refractivity contribution in [2.75, 3.05) is 4.72 Å². The molecule has 0 radical (unpaired) electrons. The highest BCUT2D eigenvalue weighted by Gasteiger charge is 2.16. The van der Waals surface area contributed by atoms with E-state index in [2.05, 4.69) is 4.72 Å². The Balaban J connectivity index is 1.58. The summed E-state index contributed by atoms with van der Waals surface area (Å²) >= 11 is 0. The van der Waals surface area contributed by atoms with Crippen LogP contribution >= 0.6 is 0 Å². The van der Waals surface area contributed by atoms with Gasteiger partial charge in [-0.1, -0.05) is 42.8 Å². The number of rotatable bonds is 10.